The van der Waals surface area contributed by atoms with Crippen molar-refractivity contribution in [3.05, 3.63) is 59.7 Å². The van der Waals surface area contributed by atoms with Crippen molar-refractivity contribution in [1.82, 2.24) is 5.32 Å². The molecule has 0 aliphatic carbocycles. The highest BCUT2D eigenvalue weighted by Gasteiger charge is 2.39. The first kappa shape index (κ1) is 19.9. The van der Waals surface area contributed by atoms with Gasteiger partial charge in [-0.15, -0.1) is 11.8 Å². The molecular weight excluding hydrogens is 376 g/mol. The summed E-state index contributed by atoms with van der Waals surface area (Å²) in [6.45, 7) is 2.33. The number of ether oxygens (including phenoxy) is 1. The van der Waals surface area contributed by atoms with E-state index in [1.54, 1.807) is 31.4 Å². The van der Waals surface area contributed by atoms with Crippen molar-refractivity contribution >= 4 is 35.2 Å². The van der Waals surface area contributed by atoms with Gasteiger partial charge >= 0.3 is 0 Å². The summed E-state index contributed by atoms with van der Waals surface area (Å²) in [6.07, 6.45) is 0.112. The Labute approximate surface area is 168 Å². The largest absolute Gasteiger partial charge is 0.496 e. The van der Waals surface area contributed by atoms with E-state index in [2.05, 4.69) is 5.32 Å². The van der Waals surface area contributed by atoms with E-state index in [-0.39, 0.29) is 29.9 Å². The van der Waals surface area contributed by atoms with Crippen LogP contribution in [0.1, 0.15) is 17.5 Å². The number of rotatable bonds is 7. The number of nitrogens with zero attached hydrogens (tertiary/aromatic N) is 1. The summed E-state index contributed by atoms with van der Waals surface area (Å²) in [6, 6.07) is 14.6. The van der Waals surface area contributed by atoms with Crippen molar-refractivity contribution in [2.75, 3.05) is 17.8 Å². The zero-order valence-electron chi connectivity index (χ0n) is 15.8. The zero-order chi connectivity index (χ0) is 20.1. The molecule has 28 heavy (non-hydrogen) atoms. The maximum absolute atomic E-state index is 12.5. The van der Waals surface area contributed by atoms with Crippen LogP contribution < -0.4 is 15.0 Å². The number of para-hydroxylation sites is 1. The van der Waals surface area contributed by atoms with Gasteiger partial charge in [-0.2, -0.15) is 0 Å². The minimum atomic E-state index is -0.530. The number of imide groups is 1. The Bertz CT molecular complexity index is 885. The summed E-state index contributed by atoms with van der Waals surface area (Å²) in [5, 5.41) is 2.31. The summed E-state index contributed by atoms with van der Waals surface area (Å²) in [7, 11) is 1.61. The summed E-state index contributed by atoms with van der Waals surface area (Å²) in [5.41, 5.74) is 2.53. The van der Waals surface area contributed by atoms with Crippen molar-refractivity contribution < 1.29 is 19.1 Å². The lowest BCUT2D eigenvalue weighted by molar-refractivity contribution is -0.121. The Hall–Kier alpha value is -2.80. The fourth-order valence-electron chi connectivity index (χ4n) is 2.98. The first-order valence-electron chi connectivity index (χ1n) is 8.93. The number of anilines is 1. The van der Waals surface area contributed by atoms with Gasteiger partial charge in [0.05, 0.1) is 23.8 Å². The minimum Gasteiger partial charge on any atom is -0.496 e. The van der Waals surface area contributed by atoms with E-state index in [0.717, 1.165) is 16.9 Å². The van der Waals surface area contributed by atoms with Crippen LogP contribution in [0.25, 0.3) is 0 Å². The molecule has 1 fully saturated rings. The average molecular weight is 398 g/mol. The van der Waals surface area contributed by atoms with Crippen LogP contribution in [-0.2, 0) is 20.9 Å². The van der Waals surface area contributed by atoms with E-state index in [9.17, 15) is 14.4 Å². The molecule has 0 bridgehead atoms. The fraction of sp³-hybridized carbons (Fsp3) is 0.286. The second kappa shape index (κ2) is 8.93. The number of aryl methyl sites for hydroxylation is 1. The van der Waals surface area contributed by atoms with Crippen molar-refractivity contribution in [2.24, 2.45) is 0 Å². The number of methoxy groups -OCH3 is 1. The van der Waals surface area contributed by atoms with Crippen LogP contribution in [0.4, 0.5) is 5.69 Å². The molecule has 1 saturated heterocycles. The molecule has 1 atom stereocenters. The fourth-order valence-corrected chi connectivity index (χ4v) is 3.95. The molecule has 0 aromatic heterocycles. The normalized spacial score (nSPS) is 16.4. The van der Waals surface area contributed by atoms with Gasteiger partial charge in [-0.05, 0) is 36.2 Å². The van der Waals surface area contributed by atoms with Gasteiger partial charge < -0.3 is 10.1 Å². The lowest BCUT2D eigenvalue weighted by Crippen LogP contribution is -2.32. The van der Waals surface area contributed by atoms with Crippen LogP contribution in [0.15, 0.2) is 48.5 Å². The van der Waals surface area contributed by atoms with Gasteiger partial charge in [0.25, 0.3) is 0 Å². The number of carbonyl (C=O) groups excluding carboxylic acids is 3. The first-order valence-corrected chi connectivity index (χ1v) is 9.98. The Kier molecular flexibility index (Phi) is 6.36. The summed E-state index contributed by atoms with van der Waals surface area (Å²) in [4.78, 5) is 38.1. The van der Waals surface area contributed by atoms with Gasteiger partial charge in [-0.3, -0.25) is 14.4 Å². The van der Waals surface area contributed by atoms with Crippen LogP contribution in [-0.4, -0.2) is 35.8 Å². The number of benzene rings is 2. The highest BCUT2D eigenvalue weighted by Crippen LogP contribution is 2.29. The molecule has 1 N–H and O–H groups in total. The van der Waals surface area contributed by atoms with Gasteiger partial charge in [0.2, 0.25) is 17.7 Å². The lowest BCUT2D eigenvalue weighted by atomic mass is 10.1. The molecule has 0 saturated carbocycles. The first-order chi connectivity index (χ1) is 13.5. The van der Waals surface area contributed by atoms with Crippen molar-refractivity contribution in [1.29, 1.82) is 0 Å². The van der Waals surface area contributed by atoms with Gasteiger partial charge in [-0.1, -0.05) is 30.3 Å². The molecule has 6 nitrogen and oxygen atoms in total. The van der Waals surface area contributed by atoms with Crippen LogP contribution in [0.3, 0.4) is 0 Å². The predicted octanol–water partition coefficient (Wildman–Crippen LogP) is 2.69. The van der Waals surface area contributed by atoms with Crippen LogP contribution in [0.5, 0.6) is 5.75 Å². The molecule has 2 aromatic carbocycles. The topological polar surface area (TPSA) is 75.7 Å². The molecule has 1 aliphatic rings. The lowest BCUT2D eigenvalue weighted by Gasteiger charge is -2.14. The number of hydrogen-bond donors (Lipinski definition) is 1. The zero-order valence-corrected chi connectivity index (χ0v) is 16.6. The van der Waals surface area contributed by atoms with Gasteiger partial charge in [0.1, 0.15) is 5.75 Å². The number of nitrogens with one attached hydrogen (secondary N) is 1. The predicted molar refractivity (Wildman–Crippen MR) is 109 cm³/mol. The molecule has 1 unspecified atom stereocenters. The maximum atomic E-state index is 12.5. The Morgan fingerprint density at radius 1 is 1.21 bits per heavy atom. The summed E-state index contributed by atoms with van der Waals surface area (Å²) >= 11 is 1.20. The third-order valence-corrected chi connectivity index (χ3v) is 5.70. The maximum Gasteiger partial charge on any atom is 0.247 e. The Balaban J connectivity index is 1.51. The summed E-state index contributed by atoms with van der Waals surface area (Å²) < 4.78 is 5.28. The van der Waals surface area contributed by atoms with E-state index in [4.69, 9.17) is 4.74 Å². The van der Waals surface area contributed by atoms with Gasteiger partial charge in [-0.25, -0.2) is 4.90 Å². The molecule has 3 rings (SSSR count). The molecule has 1 aliphatic heterocycles. The standard InChI is InChI=1S/C21H22N2O4S/c1-14-8-9-15(10-17(14)27-2)12-22-19(24)13-28-18-11-20(25)23(21(18)26)16-6-4-3-5-7-16/h3-10,18H,11-13H2,1-2H3,(H,22,24). The van der Waals surface area contributed by atoms with Gasteiger partial charge in [0.15, 0.2) is 0 Å². The SMILES string of the molecule is COc1cc(CNC(=O)CSC2CC(=O)N(c3ccccc3)C2=O)ccc1C. The number of thioether (sulfide) groups is 1. The smallest absolute Gasteiger partial charge is 0.247 e. The second-order valence-electron chi connectivity index (χ2n) is 6.49. The van der Waals surface area contributed by atoms with Crippen LogP contribution in [0, 0.1) is 6.92 Å². The second-order valence-corrected chi connectivity index (χ2v) is 7.68. The highest BCUT2D eigenvalue weighted by atomic mass is 32.2. The third-order valence-electron chi connectivity index (χ3n) is 4.50. The van der Waals surface area contributed by atoms with E-state index >= 15 is 0 Å². The number of carbonyl (C=O) groups is 3. The Morgan fingerprint density at radius 3 is 2.68 bits per heavy atom. The molecule has 3 amide bonds. The molecule has 1 heterocycles. The van der Waals surface area contributed by atoms with E-state index in [1.165, 1.54) is 16.7 Å². The van der Waals surface area contributed by atoms with E-state index in [0.29, 0.717) is 12.2 Å². The van der Waals surface area contributed by atoms with Gasteiger partial charge in [0, 0.05) is 13.0 Å². The molecule has 2 aromatic rings. The van der Waals surface area contributed by atoms with E-state index < -0.39 is 5.25 Å². The monoisotopic (exact) mass is 398 g/mol. The van der Waals surface area contributed by atoms with Crippen LogP contribution >= 0.6 is 11.8 Å². The average Bonchev–Trinajstić information content (AvgIpc) is 2.99. The van der Waals surface area contributed by atoms with Crippen molar-refractivity contribution in [3.63, 3.8) is 0 Å². The minimum absolute atomic E-state index is 0.112. The third kappa shape index (κ3) is 4.54. The van der Waals surface area contributed by atoms with E-state index in [1.807, 2.05) is 31.2 Å². The van der Waals surface area contributed by atoms with Crippen LogP contribution in [0.2, 0.25) is 0 Å². The molecule has 0 spiro atoms. The van der Waals surface area contributed by atoms with Crippen molar-refractivity contribution in [2.45, 2.75) is 25.1 Å². The molecule has 146 valence electrons. The number of hydrogen-bond acceptors (Lipinski definition) is 5. The number of amides is 3. The summed E-state index contributed by atoms with van der Waals surface area (Å²) in [5.74, 6) is 0.216. The molecular formula is C21H22N2O4S. The molecule has 7 heteroatoms. The highest BCUT2D eigenvalue weighted by molar-refractivity contribution is 8.01. The van der Waals surface area contributed by atoms with Crippen molar-refractivity contribution in [3.8, 4) is 5.75 Å². The Morgan fingerprint density at radius 2 is 1.96 bits per heavy atom. The quantitative estimate of drug-likeness (QED) is 0.726. The molecule has 0 radical (unpaired) electrons.